The van der Waals surface area contributed by atoms with Gasteiger partial charge in [0, 0.05) is 11.5 Å². The second-order valence-electron chi connectivity index (χ2n) is 6.09. The Morgan fingerprint density at radius 2 is 1.14 bits per heavy atom. The van der Waals surface area contributed by atoms with Crippen molar-refractivity contribution in [2.24, 2.45) is 0 Å². The summed E-state index contributed by atoms with van der Waals surface area (Å²) in [4.78, 5) is 10.7. The Hall–Kier alpha value is -1.76. The molecule has 0 bridgehead atoms. The molecular weight excluding hydrogens is 448 g/mol. The van der Waals surface area contributed by atoms with Crippen molar-refractivity contribution < 1.29 is 8.83 Å². The Balaban J connectivity index is 1.24. The van der Waals surface area contributed by atoms with E-state index in [2.05, 4.69) is 30.4 Å². The molecule has 0 saturated heterocycles. The average Bonchev–Trinajstić information content (AvgIpc) is 3.43. The molecule has 0 amide bonds. The number of hydrogen-bond donors (Lipinski definition) is 0. The summed E-state index contributed by atoms with van der Waals surface area (Å²) < 4.78 is 11.5. The number of nitrogens with zero attached hydrogens (tertiary/aromatic N) is 6. The van der Waals surface area contributed by atoms with E-state index in [0.717, 1.165) is 49.1 Å². The number of thioether (sulfide) groups is 2. The van der Waals surface area contributed by atoms with Gasteiger partial charge >= 0.3 is 0 Å². The summed E-state index contributed by atoms with van der Waals surface area (Å²) in [5, 5.41) is 19.6. The van der Waals surface area contributed by atoms with Gasteiger partial charge in [-0.1, -0.05) is 23.5 Å². The van der Waals surface area contributed by atoms with Crippen LogP contribution in [0, 0.1) is 27.7 Å². The first kappa shape index (κ1) is 20.5. The Labute approximate surface area is 184 Å². The van der Waals surface area contributed by atoms with Crippen LogP contribution in [0.2, 0.25) is 0 Å². The molecular formula is C17H18N6O2S4. The van der Waals surface area contributed by atoms with E-state index in [-0.39, 0.29) is 0 Å². The molecule has 4 heterocycles. The van der Waals surface area contributed by atoms with Crippen molar-refractivity contribution in [1.82, 2.24) is 30.4 Å². The maximum atomic E-state index is 5.75. The highest BCUT2D eigenvalue weighted by atomic mass is 32.2. The molecule has 0 radical (unpaired) electrons. The second-order valence-corrected chi connectivity index (χ2v) is 10.6. The number of rotatable bonds is 8. The number of hydrogen-bond acceptors (Lipinski definition) is 12. The van der Waals surface area contributed by atoms with Crippen molar-refractivity contribution in [2.45, 2.75) is 44.6 Å². The van der Waals surface area contributed by atoms with E-state index in [9.17, 15) is 0 Å². The minimum atomic E-state index is 0.539. The first-order valence-electron chi connectivity index (χ1n) is 8.81. The van der Waals surface area contributed by atoms with Crippen LogP contribution in [0.25, 0.3) is 21.5 Å². The van der Waals surface area contributed by atoms with Gasteiger partial charge in [-0.25, -0.2) is 9.97 Å². The lowest BCUT2D eigenvalue weighted by Gasteiger charge is -1.96. The van der Waals surface area contributed by atoms with Gasteiger partial charge in [-0.3, -0.25) is 0 Å². The van der Waals surface area contributed by atoms with E-state index in [4.69, 9.17) is 8.83 Å². The third-order valence-electron chi connectivity index (χ3n) is 3.75. The van der Waals surface area contributed by atoms with Crippen LogP contribution in [-0.2, 0) is 0 Å². The van der Waals surface area contributed by atoms with E-state index >= 15 is 0 Å². The smallest absolute Gasteiger partial charge is 0.276 e. The Kier molecular flexibility index (Phi) is 6.32. The molecule has 4 aromatic rings. The third kappa shape index (κ3) is 4.87. The molecule has 0 atom stereocenters. The van der Waals surface area contributed by atoms with Crippen LogP contribution < -0.4 is 0 Å². The van der Waals surface area contributed by atoms with E-state index < -0.39 is 0 Å². The fraction of sp³-hybridized carbons (Fsp3) is 0.412. The van der Waals surface area contributed by atoms with Gasteiger partial charge in [0.1, 0.15) is 9.75 Å². The molecule has 152 valence electrons. The number of thiazole rings is 2. The Morgan fingerprint density at radius 3 is 1.52 bits per heavy atom. The van der Waals surface area contributed by atoms with Crippen molar-refractivity contribution >= 4 is 46.2 Å². The van der Waals surface area contributed by atoms with Crippen LogP contribution >= 0.6 is 46.2 Å². The van der Waals surface area contributed by atoms with Gasteiger partial charge in [0.15, 0.2) is 0 Å². The van der Waals surface area contributed by atoms with Gasteiger partial charge in [0.25, 0.3) is 22.2 Å². The lowest BCUT2D eigenvalue weighted by atomic mass is 10.4. The minimum absolute atomic E-state index is 0.539. The molecule has 0 aliphatic carbocycles. The van der Waals surface area contributed by atoms with Gasteiger partial charge in [-0.05, 0) is 34.1 Å². The van der Waals surface area contributed by atoms with Crippen LogP contribution in [0.5, 0.6) is 0 Å². The topological polar surface area (TPSA) is 104 Å². The monoisotopic (exact) mass is 466 g/mol. The summed E-state index contributed by atoms with van der Waals surface area (Å²) in [6.07, 6.45) is 0.947. The predicted octanol–water partition coefficient (Wildman–Crippen LogP) is 5.21. The molecule has 12 heteroatoms. The van der Waals surface area contributed by atoms with Gasteiger partial charge in [0.05, 0.1) is 21.4 Å². The van der Waals surface area contributed by atoms with Crippen LogP contribution in [0.4, 0.5) is 0 Å². The zero-order valence-electron chi connectivity index (χ0n) is 16.3. The molecule has 0 fully saturated rings. The van der Waals surface area contributed by atoms with Gasteiger partial charge < -0.3 is 8.83 Å². The van der Waals surface area contributed by atoms with E-state index in [1.807, 2.05) is 27.7 Å². The van der Waals surface area contributed by atoms with E-state index in [1.165, 1.54) is 0 Å². The van der Waals surface area contributed by atoms with E-state index in [0.29, 0.717) is 22.2 Å². The van der Waals surface area contributed by atoms with Crippen LogP contribution in [0.15, 0.2) is 19.3 Å². The predicted molar refractivity (Wildman–Crippen MR) is 116 cm³/mol. The highest BCUT2D eigenvalue weighted by Crippen LogP contribution is 2.32. The molecule has 0 saturated carbocycles. The molecule has 0 aliphatic rings. The van der Waals surface area contributed by atoms with E-state index in [1.54, 1.807) is 46.2 Å². The van der Waals surface area contributed by atoms with Crippen LogP contribution in [0.3, 0.4) is 0 Å². The van der Waals surface area contributed by atoms with Crippen molar-refractivity contribution in [3.63, 3.8) is 0 Å². The third-order valence-corrected chi connectivity index (χ3v) is 7.68. The maximum absolute atomic E-state index is 5.75. The van der Waals surface area contributed by atoms with Gasteiger partial charge in [-0.2, -0.15) is 0 Å². The van der Waals surface area contributed by atoms with Crippen LogP contribution in [-0.4, -0.2) is 41.9 Å². The summed E-state index contributed by atoms with van der Waals surface area (Å²) >= 11 is 6.23. The maximum Gasteiger partial charge on any atom is 0.276 e. The standard InChI is InChI=1S/C17H18N6O2S4/c1-8-12(28-10(3)18-8)14-20-22-16(24-14)26-6-5-7-27-17-23-21-15(25-17)13-9(2)19-11(4)29-13/h5-7H2,1-4H3. The Bertz CT molecular complexity index is 1030. The fourth-order valence-corrected chi connectivity index (χ4v) is 5.82. The first-order valence-corrected chi connectivity index (χ1v) is 12.4. The van der Waals surface area contributed by atoms with Crippen molar-refractivity contribution in [3.05, 3.63) is 21.4 Å². The highest BCUT2D eigenvalue weighted by Gasteiger charge is 2.16. The number of aryl methyl sites for hydroxylation is 4. The highest BCUT2D eigenvalue weighted by molar-refractivity contribution is 7.99. The normalized spacial score (nSPS) is 11.4. The molecule has 29 heavy (non-hydrogen) atoms. The summed E-state index contributed by atoms with van der Waals surface area (Å²) in [6.45, 7) is 7.84. The summed E-state index contributed by atoms with van der Waals surface area (Å²) in [6, 6.07) is 0. The fourth-order valence-electron chi connectivity index (χ4n) is 2.56. The van der Waals surface area contributed by atoms with Crippen molar-refractivity contribution in [3.8, 4) is 21.5 Å². The minimum Gasteiger partial charge on any atom is -0.410 e. The lowest BCUT2D eigenvalue weighted by molar-refractivity contribution is 0.466. The molecule has 0 spiro atoms. The van der Waals surface area contributed by atoms with Crippen molar-refractivity contribution in [1.29, 1.82) is 0 Å². The van der Waals surface area contributed by atoms with Crippen molar-refractivity contribution in [2.75, 3.05) is 11.5 Å². The van der Waals surface area contributed by atoms with Crippen LogP contribution in [0.1, 0.15) is 27.8 Å². The molecule has 8 nitrogen and oxygen atoms in total. The molecule has 0 N–H and O–H groups in total. The van der Waals surface area contributed by atoms with Gasteiger partial charge in [-0.15, -0.1) is 43.1 Å². The average molecular weight is 467 g/mol. The lowest BCUT2D eigenvalue weighted by Crippen LogP contribution is -1.84. The van der Waals surface area contributed by atoms with Gasteiger partial charge in [0.2, 0.25) is 0 Å². The molecule has 0 aliphatic heterocycles. The SMILES string of the molecule is Cc1nc(C)c(-c2nnc(SCCCSc3nnc(-c4sc(C)nc4C)o3)o2)s1. The summed E-state index contributed by atoms with van der Waals surface area (Å²) in [5.41, 5.74) is 1.85. The largest absolute Gasteiger partial charge is 0.410 e. The molecule has 4 aromatic heterocycles. The quantitative estimate of drug-likeness (QED) is 0.254. The number of aromatic nitrogens is 6. The first-order chi connectivity index (χ1) is 14.0. The second kappa shape index (κ2) is 8.94. The molecule has 4 rings (SSSR count). The summed E-state index contributed by atoms with van der Waals surface area (Å²) in [7, 11) is 0. The summed E-state index contributed by atoms with van der Waals surface area (Å²) in [5.74, 6) is 2.81. The molecule has 0 aromatic carbocycles. The Morgan fingerprint density at radius 1 is 0.690 bits per heavy atom. The zero-order chi connectivity index (χ0) is 20.4. The molecule has 0 unspecified atom stereocenters. The zero-order valence-corrected chi connectivity index (χ0v) is 19.5.